The van der Waals surface area contributed by atoms with Crippen LogP contribution in [0.4, 0.5) is 11.6 Å². The third-order valence-corrected chi connectivity index (χ3v) is 4.68. The summed E-state index contributed by atoms with van der Waals surface area (Å²) in [4.78, 5) is 4.54. The number of methoxy groups -OCH3 is 1. The third kappa shape index (κ3) is 2.85. The second kappa shape index (κ2) is 6.51. The first kappa shape index (κ1) is 16.7. The van der Waals surface area contributed by atoms with Gasteiger partial charge in [-0.1, -0.05) is 23.2 Å². The van der Waals surface area contributed by atoms with Crippen LogP contribution >= 0.6 is 23.2 Å². The maximum Gasteiger partial charge on any atom is 0.225 e. The molecule has 0 aliphatic heterocycles. The number of hydrogen-bond acceptors (Lipinski definition) is 5. The molecule has 0 fully saturated rings. The van der Waals surface area contributed by atoms with Crippen molar-refractivity contribution in [2.75, 3.05) is 12.4 Å². The molecule has 0 saturated carbocycles. The molecular formula is C17H14Cl2N6O. The standard InChI is InChI=1S/C17H14Cl2N6O/c1-25-17(21-13-5-4-12-10(15(13)19)8-20-23-12)22-16(24-25)9-3-6-14(26-2)11(18)7-9/h3-8H,1-2H3,(H,20,23)(H,21,22,24). The normalized spacial score (nSPS) is 11.1. The first-order valence-electron chi connectivity index (χ1n) is 7.70. The summed E-state index contributed by atoms with van der Waals surface area (Å²) in [5, 5.41) is 16.4. The van der Waals surface area contributed by atoms with Gasteiger partial charge in [-0.3, -0.25) is 5.10 Å². The number of halogens is 2. The van der Waals surface area contributed by atoms with Gasteiger partial charge in [0.05, 0.1) is 34.6 Å². The Bertz CT molecular complexity index is 1100. The number of aromatic amines is 1. The lowest BCUT2D eigenvalue weighted by molar-refractivity contribution is 0.415. The number of benzene rings is 2. The highest BCUT2D eigenvalue weighted by molar-refractivity contribution is 6.38. The average Bonchev–Trinajstić information content (AvgIpc) is 3.25. The van der Waals surface area contributed by atoms with Crippen molar-refractivity contribution in [2.45, 2.75) is 0 Å². The fraction of sp³-hybridized carbons (Fsp3) is 0.118. The van der Waals surface area contributed by atoms with Crippen LogP contribution in [0.25, 0.3) is 22.3 Å². The van der Waals surface area contributed by atoms with E-state index < -0.39 is 0 Å². The van der Waals surface area contributed by atoms with Crippen LogP contribution in [0.2, 0.25) is 10.0 Å². The number of nitrogens with one attached hydrogen (secondary N) is 2. The number of hydrogen-bond donors (Lipinski definition) is 2. The predicted molar refractivity (Wildman–Crippen MR) is 102 cm³/mol. The molecule has 0 radical (unpaired) electrons. The minimum absolute atomic E-state index is 0.500. The summed E-state index contributed by atoms with van der Waals surface area (Å²) >= 11 is 12.6. The van der Waals surface area contributed by atoms with Crippen LogP contribution in [0, 0.1) is 0 Å². The molecule has 26 heavy (non-hydrogen) atoms. The molecule has 0 atom stereocenters. The number of nitrogens with zero attached hydrogens (tertiary/aromatic N) is 4. The number of aromatic nitrogens is 5. The Balaban J connectivity index is 1.68. The highest BCUT2D eigenvalue weighted by Gasteiger charge is 2.14. The molecule has 0 bridgehead atoms. The maximum absolute atomic E-state index is 6.45. The second-order valence-electron chi connectivity index (χ2n) is 5.62. The Morgan fingerprint density at radius 3 is 2.81 bits per heavy atom. The molecule has 0 spiro atoms. The van der Waals surface area contributed by atoms with E-state index in [-0.39, 0.29) is 0 Å². The zero-order valence-electron chi connectivity index (χ0n) is 13.9. The summed E-state index contributed by atoms with van der Waals surface area (Å²) in [5.74, 6) is 1.70. The lowest BCUT2D eigenvalue weighted by Gasteiger charge is -2.07. The molecule has 0 aliphatic rings. The number of aryl methyl sites for hydroxylation is 1. The maximum atomic E-state index is 6.45. The molecule has 2 aromatic heterocycles. The van der Waals surface area contributed by atoms with Gasteiger partial charge in [-0.15, -0.1) is 5.10 Å². The van der Waals surface area contributed by atoms with Crippen LogP contribution in [0.15, 0.2) is 36.5 Å². The van der Waals surface area contributed by atoms with Crippen molar-refractivity contribution in [3.05, 3.63) is 46.6 Å². The van der Waals surface area contributed by atoms with Crippen LogP contribution in [0.5, 0.6) is 5.75 Å². The van der Waals surface area contributed by atoms with Crippen molar-refractivity contribution >= 4 is 45.7 Å². The highest BCUT2D eigenvalue weighted by Crippen LogP contribution is 2.33. The molecule has 4 rings (SSSR count). The average molecular weight is 389 g/mol. The van der Waals surface area contributed by atoms with Crippen LogP contribution in [0.3, 0.4) is 0 Å². The first-order valence-corrected chi connectivity index (χ1v) is 8.46. The minimum atomic E-state index is 0.500. The fourth-order valence-electron chi connectivity index (χ4n) is 2.62. The summed E-state index contributed by atoms with van der Waals surface area (Å²) in [6.07, 6.45) is 1.68. The van der Waals surface area contributed by atoms with E-state index >= 15 is 0 Å². The Labute approximate surface area is 158 Å². The molecule has 132 valence electrons. The van der Waals surface area contributed by atoms with Gasteiger partial charge in [-0.05, 0) is 30.3 Å². The van der Waals surface area contributed by atoms with Crippen molar-refractivity contribution in [2.24, 2.45) is 7.05 Å². The fourth-order valence-corrected chi connectivity index (χ4v) is 3.14. The predicted octanol–water partition coefficient (Wildman–Crippen LogP) is 4.42. The molecular weight excluding hydrogens is 375 g/mol. The molecule has 2 aromatic carbocycles. The van der Waals surface area contributed by atoms with Gasteiger partial charge in [-0.2, -0.15) is 10.1 Å². The molecule has 2 N–H and O–H groups in total. The monoisotopic (exact) mass is 388 g/mol. The summed E-state index contributed by atoms with van der Waals surface area (Å²) in [7, 11) is 3.37. The van der Waals surface area contributed by atoms with Crippen LogP contribution in [-0.2, 0) is 7.05 Å². The summed E-state index contributed by atoms with van der Waals surface area (Å²) in [6.45, 7) is 0. The van der Waals surface area contributed by atoms with Gasteiger partial charge in [0.15, 0.2) is 5.82 Å². The van der Waals surface area contributed by atoms with Crippen molar-refractivity contribution < 1.29 is 4.74 Å². The lowest BCUT2D eigenvalue weighted by atomic mass is 10.2. The van der Waals surface area contributed by atoms with Crippen molar-refractivity contribution in [1.29, 1.82) is 0 Å². The lowest BCUT2D eigenvalue weighted by Crippen LogP contribution is -2.00. The van der Waals surface area contributed by atoms with Crippen LogP contribution in [-0.4, -0.2) is 32.1 Å². The Hall–Kier alpha value is -2.77. The van der Waals surface area contributed by atoms with Crippen molar-refractivity contribution in [3.63, 3.8) is 0 Å². The molecule has 4 aromatic rings. The molecule has 0 aliphatic carbocycles. The van der Waals surface area contributed by atoms with Crippen molar-refractivity contribution in [1.82, 2.24) is 25.0 Å². The topological polar surface area (TPSA) is 80.6 Å². The number of H-pyrrole nitrogens is 1. The Morgan fingerprint density at radius 1 is 1.19 bits per heavy atom. The van der Waals surface area contributed by atoms with Gasteiger partial charge in [0.25, 0.3) is 0 Å². The highest BCUT2D eigenvalue weighted by atomic mass is 35.5. The van der Waals surface area contributed by atoms with E-state index in [0.717, 1.165) is 22.2 Å². The molecule has 7 nitrogen and oxygen atoms in total. The van der Waals surface area contributed by atoms with E-state index in [9.17, 15) is 0 Å². The Kier molecular flexibility index (Phi) is 4.18. The van der Waals surface area contributed by atoms with E-state index in [0.29, 0.717) is 27.6 Å². The molecule has 9 heteroatoms. The Morgan fingerprint density at radius 2 is 2.04 bits per heavy atom. The van der Waals surface area contributed by atoms with E-state index in [4.69, 9.17) is 27.9 Å². The quantitative estimate of drug-likeness (QED) is 0.540. The summed E-state index contributed by atoms with van der Waals surface area (Å²) in [6, 6.07) is 9.17. The van der Waals surface area contributed by atoms with Crippen molar-refractivity contribution in [3.8, 4) is 17.1 Å². The molecule has 2 heterocycles. The van der Waals surface area contributed by atoms with E-state index in [1.54, 1.807) is 37.2 Å². The van der Waals surface area contributed by atoms with Gasteiger partial charge in [0.2, 0.25) is 5.95 Å². The van der Waals surface area contributed by atoms with Gasteiger partial charge in [0, 0.05) is 18.0 Å². The zero-order chi connectivity index (χ0) is 18.3. The van der Waals surface area contributed by atoms with E-state index in [1.807, 2.05) is 18.2 Å². The SMILES string of the molecule is COc1ccc(-c2nc(Nc3ccc4[nH]ncc4c3Cl)n(C)n2)cc1Cl. The minimum Gasteiger partial charge on any atom is -0.495 e. The molecule has 0 saturated heterocycles. The number of fused-ring (bicyclic) bond motifs is 1. The first-order chi connectivity index (χ1) is 12.6. The number of rotatable bonds is 4. The zero-order valence-corrected chi connectivity index (χ0v) is 15.4. The molecule has 0 unspecified atom stereocenters. The van der Waals surface area contributed by atoms with Gasteiger partial charge < -0.3 is 10.1 Å². The largest absolute Gasteiger partial charge is 0.495 e. The van der Waals surface area contributed by atoms with Gasteiger partial charge in [0.1, 0.15) is 5.75 Å². The van der Waals surface area contributed by atoms with E-state index in [1.165, 1.54) is 0 Å². The van der Waals surface area contributed by atoms with Crippen LogP contribution < -0.4 is 10.1 Å². The summed E-state index contributed by atoms with van der Waals surface area (Å²) < 4.78 is 6.82. The molecule has 0 amide bonds. The van der Waals surface area contributed by atoms with Gasteiger partial charge >= 0.3 is 0 Å². The number of ether oxygens (including phenoxy) is 1. The number of anilines is 2. The summed E-state index contributed by atoms with van der Waals surface area (Å²) in [5.41, 5.74) is 2.37. The third-order valence-electron chi connectivity index (χ3n) is 3.98. The smallest absolute Gasteiger partial charge is 0.225 e. The second-order valence-corrected chi connectivity index (χ2v) is 6.40. The van der Waals surface area contributed by atoms with Gasteiger partial charge in [-0.25, -0.2) is 4.68 Å². The van der Waals surface area contributed by atoms with E-state index in [2.05, 4.69) is 25.6 Å². The van der Waals surface area contributed by atoms with Crippen LogP contribution in [0.1, 0.15) is 0 Å².